The molecule has 1 unspecified atom stereocenters. The van der Waals surface area contributed by atoms with Gasteiger partial charge in [-0.2, -0.15) is 0 Å². The molecule has 2 N–H and O–H groups in total. The molecule has 1 atom stereocenters. The minimum atomic E-state index is -0.559. The summed E-state index contributed by atoms with van der Waals surface area (Å²) in [6.45, 7) is 1.72. The Morgan fingerprint density at radius 3 is 2.38 bits per heavy atom. The van der Waals surface area contributed by atoms with Crippen molar-refractivity contribution < 1.29 is 13.6 Å². The highest BCUT2D eigenvalue weighted by molar-refractivity contribution is 5.94. The number of carbonyl (C=O) groups is 1. The van der Waals surface area contributed by atoms with Gasteiger partial charge in [0.2, 0.25) is 0 Å². The van der Waals surface area contributed by atoms with Gasteiger partial charge in [-0.15, -0.1) is 0 Å². The van der Waals surface area contributed by atoms with Crippen LogP contribution in [0.5, 0.6) is 0 Å². The molecule has 1 saturated heterocycles. The quantitative estimate of drug-likeness (QED) is 0.936. The van der Waals surface area contributed by atoms with Gasteiger partial charge in [0.1, 0.15) is 11.6 Å². The Kier molecular flexibility index (Phi) is 4.90. The first-order valence-electron chi connectivity index (χ1n) is 8.08. The third kappa shape index (κ3) is 3.79. The lowest BCUT2D eigenvalue weighted by Gasteiger charge is -2.17. The lowest BCUT2D eigenvalue weighted by atomic mass is 9.98. The summed E-state index contributed by atoms with van der Waals surface area (Å²) in [4.78, 5) is 14.3. The van der Waals surface area contributed by atoms with Crippen LogP contribution in [0.4, 0.5) is 8.78 Å². The smallest absolute Gasteiger partial charge is 0.253 e. The van der Waals surface area contributed by atoms with Crippen LogP contribution in [0.25, 0.3) is 0 Å². The minimum absolute atomic E-state index is 0.00788. The van der Waals surface area contributed by atoms with E-state index in [1.54, 1.807) is 17.0 Å². The highest BCUT2D eigenvalue weighted by Crippen LogP contribution is 2.23. The van der Waals surface area contributed by atoms with Crippen molar-refractivity contribution in [3.63, 3.8) is 0 Å². The number of hydrogen-bond donors (Lipinski definition) is 1. The molecule has 0 radical (unpaired) electrons. The molecule has 126 valence electrons. The van der Waals surface area contributed by atoms with Crippen LogP contribution in [0, 0.1) is 17.6 Å². The SMILES string of the molecule is NCc1ccc(C(=O)N2CCC(Cc3cc(F)cc(F)c3)C2)cc1. The summed E-state index contributed by atoms with van der Waals surface area (Å²) < 4.78 is 26.6. The van der Waals surface area contributed by atoms with E-state index in [2.05, 4.69) is 0 Å². The summed E-state index contributed by atoms with van der Waals surface area (Å²) in [7, 11) is 0. The van der Waals surface area contributed by atoms with Crippen LogP contribution in [0.15, 0.2) is 42.5 Å². The molecule has 0 bridgehead atoms. The van der Waals surface area contributed by atoms with Gasteiger partial charge in [0.05, 0.1) is 0 Å². The third-order valence-corrected chi connectivity index (χ3v) is 4.46. The molecule has 3 nitrogen and oxygen atoms in total. The van der Waals surface area contributed by atoms with Crippen molar-refractivity contribution in [1.29, 1.82) is 0 Å². The van der Waals surface area contributed by atoms with Gasteiger partial charge < -0.3 is 10.6 Å². The normalized spacial score (nSPS) is 17.3. The Balaban J connectivity index is 1.62. The van der Waals surface area contributed by atoms with E-state index in [0.29, 0.717) is 37.2 Å². The fourth-order valence-corrected chi connectivity index (χ4v) is 3.21. The molecule has 3 rings (SSSR count). The van der Waals surface area contributed by atoms with Crippen LogP contribution < -0.4 is 5.73 Å². The molecule has 0 spiro atoms. The molecule has 1 aliphatic heterocycles. The molecule has 1 aliphatic rings. The predicted molar refractivity (Wildman–Crippen MR) is 88.4 cm³/mol. The van der Waals surface area contributed by atoms with Crippen LogP contribution in [-0.2, 0) is 13.0 Å². The average molecular weight is 330 g/mol. The zero-order valence-electron chi connectivity index (χ0n) is 13.3. The number of carbonyl (C=O) groups excluding carboxylic acids is 1. The van der Waals surface area contributed by atoms with Gasteiger partial charge >= 0.3 is 0 Å². The van der Waals surface area contributed by atoms with Crippen LogP contribution in [-0.4, -0.2) is 23.9 Å². The summed E-state index contributed by atoms with van der Waals surface area (Å²) in [5, 5.41) is 0. The number of amides is 1. The van der Waals surface area contributed by atoms with E-state index < -0.39 is 11.6 Å². The molecule has 0 aliphatic carbocycles. The van der Waals surface area contributed by atoms with Crippen molar-refractivity contribution in [2.45, 2.75) is 19.4 Å². The molecule has 1 heterocycles. The summed E-state index contributed by atoms with van der Waals surface area (Å²) in [6, 6.07) is 10.9. The molecular formula is C19H20F2N2O. The second-order valence-electron chi connectivity index (χ2n) is 6.29. The van der Waals surface area contributed by atoms with Crippen LogP contribution in [0.1, 0.15) is 27.9 Å². The molecular weight excluding hydrogens is 310 g/mol. The van der Waals surface area contributed by atoms with Crippen LogP contribution in [0.3, 0.4) is 0 Å². The first kappa shape index (κ1) is 16.6. The fraction of sp³-hybridized carbons (Fsp3) is 0.316. The molecule has 1 amide bonds. The fourth-order valence-electron chi connectivity index (χ4n) is 3.21. The van der Waals surface area contributed by atoms with E-state index in [9.17, 15) is 13.6 Å². The zero-order chi connectivity index (χ0) is 17.1. The Morgan fingerprint density at radius 1 is 1.08 bits per heavy atom. The van der Waals surface area contributed by atoms with Gasteiger partial charge in [0.25, 0.3) is 5.91 Å². The molecule has 5 heteroatoms. The van der Waals surface area contributed by atoms with Crippen molar-refractivity contribution in [3.8, 4) is 0 Å². The van der Waals surface area contributed by atoms with E-state index in [1.807, 2.05) is 12.1 Å². The van der Waals surface area contributed by atoms with Gasteiger partial charge in [0, 0.05) is 31.3 Å². The monoisotopic (exact) mass is 330 g/mol. The Labute approximate surface area is 140 Å². The van der Waals surface area contributed by atoms with Gasteiger partial charge in [-0.1, -0.05) is 12.1 Å². The standard InChI is InChI=1S/C19H20F2N2O/c20-17-8-15(9-18(21)10-17)7-14-5-6-23(12-14)19(24)16-3-1-13(11-22)2-4-16/h1-4,8-10,14H,5-7,11-12,22H2. The van der Waals surface area contributed by atoms with Crippen LogP contribution >= 0.6 is 0 Å². The van der Waals surface area contributed by atoms with E-state index in [0.717, 1.165) is 18.1 Å². The number of likely N-dealkylation sites (tertiary alicyclic amines) is 1. The average Bonchev–Trinajstić information content (AvgIpc) is 3.01. The van der Waals surface area contributed by atoms with Crippen molar-refractivity contribution in [1.82, 2.24) is 4.90 Å². The summed E-state index contributed by atoms with van der Waals surface area (Å²) in [5.41, 5.74) is 7.83. The maximum atomic E-state index is 13.3. The number of nitrogens with two attached hydrogens (primary N) is 1. The number of nitrogens with zero attached hydrogens (tertiary/aromatic N) is 1. The van der Waals surface area contributed by atoms with E-state index in [1.165, 1.54) is 12.1 Å². The maximum Gasteiger partial charge on any atom is 0.253 e. The Hall–Kier alpha value is -2.27. The molecule has 2 aromatic rings. The lowest BCUT2D eigenvalue weighted by Crippen LogP contribution is -2.29. The van der Waals surface area contributed by atoms with E-state index in [-0.39, 0.29) is 11.8 Å². The highest BCUT2D eigenvalue weighted by Gasteiger charge is 2.27. The lowest BCUT2D eigenvalue weighted by molar-refractivity contribution is 0.0787. The number of halogens is 2. The summed E-state index contributed by atoms with van der Waals surface area (Å²) in [6.07, 6.45) is 1.41. The van der Waals surface area contributed by atoms with E-state index >= 15 is 0 Å². The first-order valence-corrected chi connectivity index (χ1v) is 8.08. The topological polar surface area (TPSA) is 46.3 Å². The van der Waals surface area contributed by atoms with Crippen molar-refractivity contribution in [2.75, 3.05) is 13.1 Å². The minimum Gasteiger partial charge on any atom is -0.338 e. The Bertz CT molecular complexity index is 710. The van der Waals surface area contributed by atoms with Gasteiger partial charge in [-0.05, 0) is 54.2 Å². The second kappa shape index (κ2) is 7.09. The molecule has 0 saturated carbocycles. The van der Waals surface area contributed by atoms with Crippen LogP contribution in [0.2, 0.25) is 0 Å². The molecule has 2 aromatic carbocycles. The second-order valence-corrected chi connectivity index (χ2v) is 6.29. The van der Waals surface area contributed by atoms with Crippen molar-refractivity contribution >= 4 is 5.91 Å². The third-order valence-electron chi connectivity index (χ3n) is 4.46. The number of hydrogen-bond acceptors (Lipinski definition) is 2. The number of benzene rings is 2. The molecule has 0 aromatic heterocycles. The maximum absolute atomic E-state index is 13.3. The highest BCUT2D eigenvalue weighted by atomic mass is 19.1. The van der Waals surface area contributed by atoms with Crippen molar-refractivity contribution in [2.24, 2.45) is 11.7 Å². The largest absolute Gasteiger partial charge is 0.338 e. The molecule has 1 fully saturated rings. The predicted octanol–water partition coefficient (Wildman–Crippen LogP) is 3.13. The zero-order valence-corrected chi connectivity index (χ0v) is 13.3. The van der Waals surface area contributed by atoms with Gasteiger partial charge in [-0.25, -0.2) is 8.78 Å². The van der Waals surface area contributed by atoms with Gasteiger partial charge in [0.15, 0.2) is 0 Å². The van der Waals surface area contributed by atoms with Gasteiger partial charge in [-0.3, -0.25) is 4.79 Å². The van der Waals surface area contributed by atoms with Crippen molar-refractivity contribution in [3.05, 3.63) is 70.8 Å². The first-order chi connectivity index (χ1) is 11.5. The van der Waals surface area contributed by atoms with E-state index in [4.69, 9.17) is 5.73 Å². The number of rotatable bonds is 4. The summed E-state index contributed by atoms with van der Waals surface area (Å²) in [5.74, 6) is -0.906. The Morgan fingerprint density at radius 2 is 1.75 bits per heavy atom. The summed E-state index contributed by atoms with van der Waals surface area (Å²) >= 11 is 0. The molecule has 24 heavy (non-hydrogen) atoms.